The van der Waals surface area contributed by atoms with Crippen molar-refractivity contribution in [3.05, 3.63) is 82.5 Å². The van der Waals surface area contributed by atoms with Crippen LogP contribution in [-0.4, -0.2) is 43.0 Å². The van der Waals surface area contributed by atoms with Crippen LogP contribution in [0.2, 0.25) is 5.02 Å². The predicted molar refractivity (Wildman–Crippen MR) is 146 cm³/mol. The number of ether oxygens (including phenoxy) is 3. The number of esters is 1. The summed E-state index contributed by atoms with van der Waals surface area (Å²) < 4.78 is 16.6. The van der Waals surface area contributed by atoms with Gasteiger partial charge in [0.15, 0.2) is 11.7 Å². The summed E-state index contributed by atoms with van der Waals surface area (Å²) in [7, 11) is 0. The van der Waals surface area contributed by atoms with Crippen LogP contribution in [0, 0.1) is 0 Å². The summed E-state index contributed by atoms with van der Waals surface area (Å²) in [6.07, 6.45) is 3.04. The van der Waals surface area contributed by atoms with Crippen molar-refractivity contribution in [2.24, 2.45) is 5.10 Å². The number of para-hydroxylation sites is 1. The van der Waals surface area contributed by atoms with Gasteiger partial charge in [-0.05, 0) is 50.3 Å². The molecule has 194 valence electrons. The Morgan fingerprint density at radius 2 is 2.00 bits per heavy atom. The minimum absolute atomic E-state index is 0.225. The van der Waals surface area contributed by atoms with Crippen LogP contribution in [-0.2, 0) is 14.3 Å². The summed E-state index contributed by atoms with van der Waals surface area (Å²) in [5.41, 5.74) is 4.57. The van der Waals surface area contributed by atoms with E-state index in [-0.39, 0.29) is 13.2 Å². The molecule has 0 saturated heterocycles. The summed E-state index contributed by atoms with van der Waals surface area (Å²) in [4.78, 5) is 25.1. The van der Waals surface area contributed by atoms with Gasteiger partial charge in [-0.2, -0.15) is 5.10 Å². The van der Waals surface area contributed by atoms with E-state index in [4.69, 9.17) is 38.0 Å². The third-order valence-corrected chi connectivity index (χ3v) is 5.53. The zero-order valence-electron chi connectivity index (χ0n) is 20.4. The molecule has 1 aliphatic heterocycles. The van der Waals surface area contributed by atoms with Crippen LogP contribution in [0.3, 0.4) is 0 Å². The number of carbonyl (C=O) groups excluding carboxylic acids is 2. The summed E-state index contributed by atoms with van der Waals surface area (Å²) in [5, 5.41) is 10.9. The maximum atomic E-state index is 12.7. The number of hydrogen-bond donors (Lipinski definition) is 3. The molecule has 0 radical (unpaired) electrons. The van der Waals surface area contributed by atoms with E-state index in [2.05, 4.69) is 27.7 Å². The number of benzene rings is 2. The minimum atomic E-state index is -0.623. The first kappa shape index (κ1) is 27.7. The Labute approximate surface area is 225 Å². The molecule has 0 spiro atoms. The van der Waals surface area contributed by atoms with Crippen LogP contribution < -0.4 is 25.5 Å². The second kappa shape index (κ2) is 13.4. The lowest BCUT2D eigenvalue weighted by molar-refractivity contribution is -0.139. The molecule has 0 aromatic heterocycles. The third-order valence-electron chi connectivity index (χ3n) is 5.07. The molecule has 1 amide bonds. The number of allylic oxidation sites excluding steroid dienone is 1. The normalized spacial score (nSPS) is 15.0. The van der Waals surface area contributed by atoms with Crippen LogP contribution in [0.5, 0.6) is 11.5 Å². The van der Waals surface area contributed by atoms with Crippen molar-refractivity contribution in [3.63, 3.8) is 0 Å². The molecule has 2 aromatic rings. The number of rotatable bonds is 11. The first-order valence-corrected chi connectivity index (χ1v) is 12.1. The molecular formula is C26H27ClN4O5S. The lowest BCUT2D eigenvalue weighted by Gasteiger charge is -2.30. The van der Waals surface area contributed by atoms with E-state index in [1.54, 1.807) is 62.4 Å². The smallest absolute Gasteiger partial charge is 0.338 e. The van der Waals surface area contributed by atoms with Gasteiger partial charge in [0.05, 0.1) is 24.4 Å². The number of amides is 1. The Hall–Kier alpha value is -3.89. The van der Waals surface area contributed by atoms with E-state index >= 15 is 0 Å². The molecule has 11 heteroatoms. The van der Waals surface area contributed by atoms with Crippen molar-refractivity contribution in [1.82, 2.24) is 16.1 Å². The molecule has 2 aromatic carbocycles. The maximum Gasteiger partial charge on any atom is 0.338 e. The van der Waals surface area contributed by atoms with Crippen molar-refractivity contribution in [2.45, 2.75) is 19.9 Å². The monoisotopic (exact) mass is 542 g/mol. The van der Waals surface area contributed by atoms with E-state index in [0.29, 0.717) is 50.6 Å². The number of thiocarbonyl (C=S) groups is 1. The highest BCUT2D eigenvalue weighted by Crippen LogP contribution is 2.33. The van der Waals surface area contributed by atoms with Crippen LogP contribution in [0.25, 0.3) is 0 Å². The number of hydrazone groups is 1. The Kier molecular flexibility index (Phi) is 10.0. The first-order valence-electron chi connectivity index (χ1n) is 11.4. The van der Waals surface area contributed by atoms with Gasteiger partial charge < -0.3 is 24.8 Å². The van der Waals surface area contributed by atoms with Crippen LogP contribution in [0.15, 0.2) is 71.5 Å². The zero-order valence-corrected chi connectivity index (χ0v) is 21.9. The minimum Gasteiger partial charge on any atom is -0.489 e. The molecule has 37 heavy (non-hydrogen) atoms. The van der Waals surface area contributed by atoms with E-state index in [1.165, 1.54) is 6.21 Å². The fourth-order valence-electron chi connectivity index (χ4n) is 3.51. The Morgan fingerprint density at radius 1 is 1.22 bits per heavy atom. The highest BCUT2D eigenvalue weighted by atomic mass is 35.5. The second-order valence-electron chi connectivity index (χ2n) is 7.69. The van der Waals surface area contributed by atoms with Crippen LogP contribution in [0.4, 0.5) is 0 Å². The summed E-state index contributed by atoms with van der Waals surface area (Å²) in [6, 6.07) is 11.5. The number of nitrogens with one attached hydrogen (secondary N) is 3. The van der Waals surface area contributed by atoms with Crippen LogP contribution in [0.1, 0.15) is 31.0 Å². The largest absolute Gasteiger partial charge is 0.489 e. The predicted octanol–water partition coefficient (Wildman–Crippen LogP) is 3.79. The first-order chi connectivity index (χ1) is 17.8. The third kappa shape index (κ3) is 7.55. The van der Waals surface area contributed by atoms with Gasteiger partial charge in [0.1, 0.15) is 18.1 Å². The van der Waals surface area contributed by atoms with E-state index < -0.39 is 17.9 Å². The van der Waals surface area contributed by atoms with Crippen molar-refractivity contribution in [3.8, 4) is 11.5 Å². The summed E-state index contributed by atoms with van der Waals surface area (Å²) >= 11 is 11.4. The van der Waals surface area contributed by atoms with Gasteiger partial charge in [0.2, 0.25) is 0 Å². The molecule has 0 bridgehead atoms. The molecule has 0 unspecified atom stereocenters. The average molecular weight is 543 g/mol. The summed E-state index contributed by atoms with van der Waals surface area (Å²) in [5.74, 6) is -0.0337. The molecule has 0 aliphatic carbocycles. The SMILES string of the molecule is C=CCOc1ccc(Cl)cc1C=NNC(=O)COc1ccccc1[C@@H]1NC(=S)NC(C)=C1C(=O)OCC. The molecule has 3 rings (SSSR count). The Balaban J connectivity index is 1.71. The van der Waals surface area contributed by atoms with Gasteiger partial charge in [0.25, 0.3) is 5.91 Å². The number of halogens is 1. The van der Waals surface area contributed by atoms with Gasteiger partial charge in [-0.1, -0.05) is 42.5 Å². The topological polar surface area (TPSA) is 110 Å². The number of hydrogen-bond acceptors (Lipinski definition) is 7. The van der Waals surface area contributed by atoms with E-state index in [1.807, 2.05) is 0 Å². The van der Waals surface area contributed by atoms with E-state index in [9.17, 15) is 9.59 Å². The molecule has 0 fully saturated rings. The number of nitrogens with zero attached hydrogens (tertiary/aromatic N) is 1. The molecular weight excluding hydrogens is 516 g/mol. The molecule has 1 aliphatic rings. The lowest BCUT2D eigenvalue weighted by atomic mass is 9.95. The van der Waals surface area contributed by atoms with Gasteiger partial charge in [-0.15, -0.1) is 0 Å². The fraction of sp³-hybridized carbons (Fsp3) is 0.231. The highest BCUT2D eigenvalue weighted by molar-refractivity contribution is 7.80. The Bertz CT molecular complexity index is 1250. The fourth-order valence-corrected chi connectivity index (χ4v) is 3.96. The van der Waals surface area contributed by atoms with Crippen LogP contribution >= 0.6 is 23.8 Å². The van der Waals surface area contributed by atoms with Gasteiger partial charge in [-0.25, -0.2) is 10.2 Å². The molecule has 3 N–H and O–H groups in total. The van der Waals surface area contributed by atoms with Crippen molar-refractivity contribution < 1.29 is 23.8 Å². The van der Waals surface area contributed by atoms with Gasteiger partial charge >= 0.3 is 5.97 Å². The lowest BCUT2D eigenvalue weighted by Crippen LogP contribution is -2.45. The van der Waals surface area contributed by atoms with Gasteiger partial charge in [0, 0.05) is 21.8 Å². The quantitative estimate of drug-likeness (QED) is 0.129. The van der Waals surface area contributed by atoms with Crippen molar-refractivity contribution >= 4 is 47.0 Å². The molecule has 0 saturated carbocycles. The standard InChI is InChI=1S/C26H27ClN4O5S/c1-4-12-35-20-11-10-18(27)13-17(20)14-28-31-22(32)15-36-21-9-7-6-8-19(21)24-23(25(33)34-5-2)16(3)29-26(37)30-24/h4,6-11,13-14,24H,1,5,12,15H2,2-3H3,(H,31,32)(H2,29,30,37)/t24-/m0/s1. The van der Waals surface area contributed by atoms with Gasteiger partial charge in [-0.3, -0.25) is 4.79 Å². The summed E-state index contributed by atoms with van der Waals surface area (Å²) in [6.45, 7) is 7.31. The van der Waals surface area contributed by atoms with Crippen molar-refractivity contribution in [1.29, 1.82) is 0 Å². The molecule has 1 atom stereocenters. The second-order valence-corrected chi connectivity index (χ2v) is 8.54. The Morgan fingerprint density at radius 3 is 2.76 bits per heavy atom. The van der Waals surface area contributed by atoms with E-state index in [0.717, 1.165) is 0 Å². The zero-order chi connectivity index (χ0) is 26.8. The average Bonchev–Trinajstić information content (AvgIpc) is 2.87. The number of carbonyl (C=O) groups is 2. The molecule has 9 nitrogen and oxygen atoms in total. The van der Waals surface area contributed by atoms with Crippen molar-refractivity contribution in [2.75, 3.05) is 19.8 Å². The molecule has 1 heterocycles. The highest BCUT2D eigenvalue weighted by Gasteiger charge is 2.32. The maximum absolute atomic E-state index is 12.7.